The Morgan fingerprint density at radius 2 is 1.76 bits per heavy atom. The molecule has 1 aliphatic heterocycles. The van der Waals surface area contributed by atoms with Crippen molar-refractivity contribution in [2.24, 2.45) is 0 Å². The monoisotopic (exact) mass is 397 g/mol. The number of amides is 2. The number of carbonyl (C=O) groups excluding carboxylic acids is 3. The zero-order valence-corrected chi connectivity index (χ0v) is 16.2. The zero-order valence-electron chi connectivity index (χ0n) is 16.2. The van der Waals surface area contributed by atoms with Gasteiger partial charge in [0.15, 0.2) is 6.61 Å². The van der Waals surface area contributed by atoms with Crippen LogP contribution in [0.2, 0.25) is 0 Å². The van der Waals surface area contributed by atoms with Crippen LogP contribution in [0.4, 0.5) is 4.79 Å². The van der Waals surface area contributed by atoms with Crippen LogP contribution in [0.5, 0.6) is 0 Å². The lowest BCUT2D eigenvalue weighted by atomic mass is 10.1. The number of hydrogen-bond donors (Lipinski definition) is 0. The van der Waals surface area contributed by atoms with E-state index in [1.807, 2.05) is 30.3 Å². The van der Waals surface area contributed by atoms with E-state index < -0.39 is 5.97 Å². The van der Waals surface area contributed by atoms with Gasteiger partial charge >= 0.3 is 12.1 Å². The first kappa shape index (κ1) is 20.3. The highest BCUT2D eigenvalue weighted by atomic mass is 16.6. The van der Waals surface area contributed by atoms with Crippen LogP contribution in [-0.4, -0.2) is 72.1 Å². The van der Waals surface area contributed by atoms with E-state index in [2.05, 4.69) is 4.98 Å². The van der Waals surface area contributed by atoms with Crippen LogP contribution < -0.4 is 0 Å². The van der Waals surface area contributed by atoms with E-state index >= 15 is 0 Å². The van der Waals surface area contributed by atoms with Crippen LogP contribution in [-0.2, 0) is 19.1 Å². The predicted molar refractivity (Wildman–Crippen MR) is 107 cm³/mol. The lowest BCUT2D eigenvalue weighted by Crippen LogP contribution is -2.51. The number of piperazine rings is 1. The van der Waals surface area contributed by atoms with Crippen LogP contribution in [0, 0.1) is 0 Å². The van der Waals surface area contributed by atoms with Crippen molar-refractivity contribution in [1.82, 2.24) is 14.8 Å². The number of rotatable bonds is 5. The summed E-state index contributed by atoms with van der Waals surface area (Å²) < 4.78 is 10.0. The molecule has 152 valence electrons. The minimum Gasteiger partial charge on any atom is -0.452 e. The van der Waals surface area contributed by atoms with Crippen LogP contribution in [0.3, 0.4) is 0 Å². The molecule has 8 nitrogen and oxygen atoms in total. The van der Waals surface area contributed by atoms with Crippen molar-refractivity contribution in [2.45, 2.75) is 6.92 Å². The molecule has 3 rings (SSSR count). The summed E-state index contributed by atoms with van der Waals surface area (Å²) in [5, 5.41) is 0.972. The van der Waals surface area contributed by atoms with E-state index in [-0.39, 0.29) is 18.6 Å². The Hall–Kier alpha value is -3.42. The van der Waals surface area contributed by atoms with E-state index in [4.69, 9.17) is 9.47 Å². The van der Waals surface area contributed by atoms with E-state index in [1.54, 1.807) is 29.0 Å². The summed E-state index contributed by atoms with van der Waals surface area (Å²) in [6.45, 7) is 3.28. The summed E-state index contributed by atoms with van der Waals surface area (Å²) in [5.41, 5.74) is 1.58. The third kappa shape index (κ3) is 5.31. The van der Waals surface area contributed by atoms with E-state index in [1.165, 1.54) is 6.08 Å². The summed E-state index contributed by atoms with van der Waals surface area (Å²) in [6.07, 6.45) is 4.23. The molecule has 0 spiro atoms. The molecule has 1 fully saturated rings. The van der Waals surface area contributed by atoms with Gasteiger partial charge in [-0.1, -0.05) is 24.3 Å². The molecule has 0 atom stereocenters. The first-order valence-electron chi connectivity index (χ1n) is 9.46. The summed E-state index contributed by atoms with van der Waals surface area (Å²) in [7, 11) is 0. The normalized spacial score (nSPS) is 14.2. The minimum absolute atomic E-state index is 0.290. The molecule has 2 amide bonds. The number of nitrogens with zero attached hydrogens (tertiary/aromatic N) is 3. The first-order chi connectivity index (χ1) is 14.1. The lowest BCUT2D eigenvalue weighted by molar-refractivity contribution is -0.148. The highest BCUT2D eigenvalue weighted by Crippen LogP contribution is 2.17. The van der Waals surface area contributed by atoms with Crippen molar-refractivity contribution in [3.63, 3.8) is 0 Å². The molecule has 1 saturated heterocycles. The van der Waals surface area contributed by atoms with Crippen molar-refractivity contribution in [3.05, 3.63) is 48.2 Å². The molecule has 0 radical (unpaired) electrons. The summed E-state index contributed by atoms with van der Waals surface area (Å²) in [5.74, 6) is -0.890. The Kier molecular flexibility index (Phi) is 6.78. The smallest absolute Gasteiger partial charge is 0.409 e. The number of pyridine rings is 1. The molecule has 1 aromatic heterocycles. The molecule has 0 saturated carbocycles. The first-order valence-corrected chi connectivity index (χ1v) is 9.46. The summed E-state index contributed by atoms with van der Waals surface area (Å²) in [4.78, 5) is 43.3. The number of ether oxygens (including phenoxy) is 2. The summed E-state index contributed by atoms with van der Waals surface area (Å²) in [6, 6.07) is 9.47. The van der Waals surface area contributed by atoms with Gasteiger partial charge in [-0.15, -0.1) is 0 Å². The number of carbonyl (C=O) groups is 3. The average molecular weight is 397 g/mol. The number of hydrogen-bond acceptors (Lipinski definition) is 6. The number of para-hydroxylation sites is 1. The Morgan fingerprint density at radius 3 is 2.52 bits per heavy atom. The molecule has 0 unspecified atom stereocenters. The third-order valence-electron chi connectivity index (χ3n) is 4.56. The van der Waals surface area contributed by atoms with Gasteiger partial charge in [0.25, 0.3) is 5.91 Å². The van der Waals surface area contributed by atoms with Crippen molar-refractivity contribution in [2.75, 3.05) is 39.4 Å². The Morgan fingerprint density at radius 1 is 1.03 bits per heavy atom. The molecule has 8 heteroatoms. The van der Waals surface area contributed by atoms with E-state index in [0.29, 0.717) is 32.8 Å². The number of esters is 1. The van der Waals surface area contributed by atoms with Gasteiger partial charge in [-0.25, -0.2) is 9.59 Å². The fourth-order valence-electron chi connectivity index (χ4n) is 3.05. The lowest BCUT2D eigenvalue weighted by Gasteiger charge is -2.33. The number of aromatic nitrogens is 1. The van der Waals surface area contributed by atoms with Gasteiger partial charge in [0.2, 0.25) is 0 Å². The van der Waals surface area contributed by atoms with Crippen LogP contribution in [0.25, 0.3) is 17.0 Å². The minimum atomic E-state index is -0.601. The molecule has 0 bridgehead atoms. The standard InChI is InChI=1S/C21H23N3O5/c1-2-28-21(27)24-13-11-23(12-14-24)18(25)15-29-19(26)9-8-17-6-3-5-16-7-4-10-22-20(16)17/h3-10H,2,11-15H2,1H3/b9-8+. The van der Waals surface area contributed by atoms with Gasteiger partial charge in [-0.3, -0.25) is 9.78 Å². The second kappa shape index (κ2) is 9.68. The molecule has 0 N–H and O–H groups in total. The van der Waals surface area contributed by atoms with E-state index in [0.717, 1.165) is 16.5 Å². The predicted octanol–water partition coefficient (Wildman–Crippen LogP) is 2.09. The van der Waals surface area contributed by atoms with Crippen molar-refractivity contribution >= 4 is 34.9 Å². The summed E-state index contributed by atoms with van der Waals surface area (Å²) >= 11 is 0. The maximum Gasteiger partial charge on any atom is 0.409 e. The quantitative estimate of drug-likeness (QED) is 0.567. The van der Waals surface area contributed by atoms with Gasteiger partial charge in [0.1, 0.15) is 0 Å². The van der Waals surface area contributed by atoms with Crippen molar-refractivity contribution in [1.29, 1.82) is 0 Å². The Labute approximate surface area is 168 Å². The zero-order chi connectivity index (χ0) is 20.6. The number of benzene rings is 1. The van der Waals surface area contributed by atoms with Gasteiger partial charge < -0.3 is 19.3 Å². The van der Waals surface area contributed by atoms with Crippen molar-refractivity contribution in [3.8, 4) is 0 Å². The highest BCUT2D eigenvalue weighted by Gasteiger charge is 2.25. The second-order valence-electron chi connectivity index (χ2n) is 6.43. The van der Waals surface area contributed by atoms with E-state index in [9.17, 15) is 14.4 Å². The molecule has 0 aliphatic carbocycles. The maximum absolute atomic E-state index is 12.2. The van der Waals surface area contributed by atoms with Crippen molar-refractivity contribution < 1.29 is 23.9 Å². The van der Waals surface area contributed by atoms with Crippen LogP contribution >= 0.6 is 0 Å². The maximum atomic E-state index is 12.2. The fraction of sp³-hybridized carbons (Fsp3) is 0.333. The molecule has 2 heterocycles. The fourth-order valence-corrected chi connectivity index (χ4v) is 3.05. The highest BCUT2D eigenvalue weighted by molar-refractivity contribution is 5.93. The third-order valence-corrected chi connectivity index (χ3v) is 4.56. The Balaban J connectivity index is 1.47. The van der Waals surface area contributed by atoms with Gasteiger partial charge in [-0.2, -0.15) is 0 Å². The van der Waals surface area contributed by atoms with Gasteiger partial charge in [0.05, 0.1) is 12.1 Å². The molecule has 2 aromatic rings. The molecular weight excluding hydrogens is 374 g/mol. The SMILES string of the molecule is CCOC(=O)N1CCN(C(=O)COC(=O)/C=C/c2cccc3cccnc23)CC1. The van der Waals surface area contributed by atoms with Crippen LogP contribution in [0.15, 0.2) is 42.6 Å². The Bertz CT molecular complexity index is 914. The average Bonchev–Trinajstić information content (AvgIpc) is 2.76. The second-order valence-corrected chi connectivity index (χ2v) is 6.43. The largest absolute Gasteiger partial charge is 0.452 e. The molecular formula is C21H23N3O5. The topological polar surface area (TPSA) is 89.0 Å². The molecule has 1 aliphatic rings. The molecule has 29 heavy (non-hydrogen) atoms. The van der Waals surface area contributed by atoms with Crippen LogP contribution in [0.1, 0.15) is 12.5 Å². The molecule has 1 aromatic carbocycles. The van der Waals surface area contributed by atoms with Gasteiger partial charge in [0, 0.05) is 49.4 Å². The van der Waals surface area contributed by atoms with Gasteiger partial charge in [-0.05, 0) is 19.1 Å². The number of fused-ring (bicyclic) bond motifs is 1.